The molecule has 0 saturated carbocycles. The van der Waals surface area contributed by atoms with Crippen molar-refractivity contribution in [3.05, 3.63) is 224 Å². The fourth-order valence-corrected chi connectivity index (χ4v) is 7.25. The molecule has 0 atom stereocenters. The molecule has 0 aliphatic carbocycles. The summed E-state index contributed by atoms with van der Waals surface area (Å²) in [7, 11) is 0. The van der Waals surface area contributed by atoms with Crippen molar-refractivity contribution in [1.29, 1.82) is 0 Å². The predicted octanol–water partition coefficient (Wildman–Crippen LogP) is 15.3. The molecule has 0 fully saturated rings. The number of anilines is 3. The van der Waals surface area contributed by atoms with Gasteiger partial charge in [-0.2, -0.15) is 0 Å². The minimum atomic E-state index is -0.735. The Morgan fingerprint density at radius 2 is 0.836 bits per heavy atom. The van der Waals surface area contributed by atoms with Gasteiger partial charge in [-0.25, -0.2) is 0 Å². The average Bonchev–Trinajstić information content (AvgIpc) is 3.36. The molecule has 0 amide bonds. The largest absolute Gasteiger partial charge is 0.311 e. The van der Waals surface area contributed by atoms with E-state index >= 15 is 0 Å². The molecule has 0 aliphatic heterocycles. The molecular weight excluding hydrogens is 663 g/mol. The second-order valence-electron chi connectivity index (χ2n) is 13.1. The highest BCUT2D eigenvalue weighted by molar-refractivity contribution is 6.13. The van der Waals surface area contributed by atoms with Crippen LogP contribution in [0, 0.1) is 0 Å². The highest BCUT2D eigenvalue weighted by atomic mass is 15.1. The Hall–Kier alpha value is -7.22. The SMILES string of the molecule is [2H]c1c([2H])c([2H])c(-c2c([2H])c([2H])c(N(c3ccc(-c4cc5ccccc5c5ccccc45)cc3)c3c([2H])c([2H])c(-c4cccc(-c5cccc6ccccc56)c4)c([2H])c3[2H])c([2H])c2[2H])c([2H])c1[2H]. The Morgan fingerprint density at radius 1 is 0.291 bits per heavy atom. The van der Waals surface area contributed by atoms with Gasteiger partial charge in [0.05, 0.1) is 17.8 Å². The molecule has 0 bridgehead atoms. The quantitative estimate of drug-likeness (QED) is 0.149. The minimum absolute atomic E-state index is 0.0143. The summed E-state index contributed by atoms with van der Waals surface area (Å²) >= 11 is 0. The number of rotatable bonds is 7. The summed E-state index contributed by atoms with van der Waals surface area (Å²) in [6, 6.07) is 37.9. The van der Waals surface area contributed by atoms with Crippen LogP contribution in [0.4, 0.5) is 17.1 Å². The molecule has 0 unspecified atom stereocenters. The second kappa shape index (κ2) is 14.0. The first kappa shape index (κ1) is 21.5. The van der Waals surface area contributed by atoms with Crippen molar-refractivity contribution in [2.45, 2.75) is 0 Å². The molecule has 0 N–H and O–H groups in total. The van der Waals surface area contributed by atoms with Gasteiger partial charge in [-0.1, -0.05) is 176 Å². The molecule has 0 aromatic heterocycles. The van der Waals surface area contributed by atoms with Gasteiger partial charge < -0.3 is 4.90 Å². The predicted molar refractivity (Wildman–Crippen MR) is 235 cm³/mol. The number of nitrogens with zero attached hydrogens (tertiary/aromatic N) is 1. The number of fused-ring (bicyclic) bond motifs is 4. The van der Waals surface area contributed by atoms with Crippen molar-refractivity contribution < 1.29 is 17.8 Å². The number of hydrogen-bond donors (Lipinski definition) is 0. The smallest absolute Gasteiger partial charge is 0.0645 e. The first-order valence-corrected chi connectivity index (χ1v) is 17.9. The topological polar surface area (TPSA) is 3.24 Å². The van der Waals surface area contributed by atoms with Crippen LogP contribution in [0.25, 0.3) is 76.8 Å². The van der Waals surface area contributed by atoms with Crippen LogP contribution in [-0.4, -0.2) is 0 Å². The van der Waals surface area contributed by atoms with Gasteiger partial charge in [0, 0.05) is 17.1 Å². The molecule has 55 heavy (non-hydrogen) atoms. The molecule has 0 radical (unpaired) electrons. The zero-order valence-electron chi connectivity index (χ0n) is 42.3. The third-order valence-corrected chi connectivity index (χ3v) is 9.88. The van der Waals surface area contributed by atoms with E-state index in [1.54, 1.807) is 36.4 Å². The van der Waals surface area contributed by atoms with Gasteiger partial charge in [-0.3, -0.25) is 0 Å². The van der Waals surface area contributed by atoms with Crippen LogP contribution < -0.4 is 4.90 Å². The normalized spacial score (nSPS) is 14.6. The standard InChI is InChI=1S/C54H37N/c1-2-12-38(13-3-1)39-24-30-46(31-25-39)55(48-34-28-42(29-35-48)54-37-45-15-5-7-20-51(45)52-21-8-9-22-53(52)54)47-32-26-40(27-33-47)43-17-10-18-44(36-43)50-23-11-16-41-14-4-6-19-49(41)50/h1-37H/i1D,2D,3D,12D,13D,24D,25D,26D,27D,30D,31D,32D,33D. The molecule has 0 heterocycles. The van der Waals surface area contributed by atoms with Gasteiger partial charge in [0.15, 0.2) is 0 Å². The van der Waals surface area contributed by atoms with Crippen LogP contribution in [0.2, 0.25) is 0 Å². The van der Waals surface area contributed by atoms with Crippen LogP contribution in [0.3, 0.4) is 0 Å². The number of hydrogen-bond acceptors (Lipinski definition) is 1. The van der Waals surface area contributed by atoms with Gasteiger partial charge in [0.1, 0.15) is 0 Å². The van der Waals surface area contributed by atoms with Crippen molar-refractivity contribution in [1.82, 2.24) is 0 Å². The molecule has 258 valence electrons. The lowest BCUT2D eigenvalue weighted by atomic mass is 9.93. The molecule has 1 nitrogen and oxygen atoms in total. The van der Waals surface area contributed by atoms with Gasteiger partial charge in [0.25, 0.3) is 0 Å². The van der Waals surface area contributed by atoms with E-state index in [2.05, 4.69) is 18.2 Å². The molecule has 10 aromatic rings. The van der Waals surface area contributed by atoms with Crippen LogP contribution in [0.15, 0.2) is 224 Å². The zero-order valence-corrected chi connectivity index (χ0v) is 29.3. The van der Waals surface area contributed by atoms with Crippen LogP contribution in [0.1, 0.15) is 17.8 Å². The Balaban J connectivity index is 1.20. The van der Waals surface area contributed by atoms with E-state index in [-0.39, 0.29) is 16.9 Å². The summed E-state index contributed by atoms with van der Waals surface area (Å²) in [4.78, 5) is 1.19. The Kier molecular flexibility index (Phi) is 5.45. The summed E-state index contributed by atoms with van der Waals surface area (Å²) in [5.74, 6) is 0. The van der Waals surface area contributed by atoms with Gasteiger partial charge in [-0.05, 0) is 125 Å². The summed E-state index contributed by atoms with van der Waals surface area (Å²) in [6.07, 6.45) is 0. The van der Waals surface area contributed by atoms with Crippen LogP contribution in [-0.2, 0) is 0 Å². The third kappa shape index (κ3) is 6.12. The van der Waals surface area contributed by atoms with E-state index in [1.807, 2.05) is 91.0 Å². The molecule has 0 saturated heterocycles. The van der Waals surface area contributed by atoms with Crippen molar-refractivity contribution >= 4 is 49.4 Å². The van der Waals surface area contributed by atoms with E-state index < -0.39 is 95.4 Å². The Bertz CT molecular complexity index is 3650. The molecule has 0 aliphatic rings. The van der Waals surface area contributed by atoms with E-state index in [9.17, 15) is 11.0 Å². The van der Waals surface area contributed by atoms with Crippen molar-refractivity contribution in [2.75, 3.05) is 4.90 Å². The lowest BCUT2D eigenvalue weighted by Gasteiger charge is -2.26. The summed E-state index contributed by atoms with van der Waals surface area (Å²) in [5, 5.41) is 6.14. The van der Waals surface area contributed by atoms with E-state index in [1.165, 1.54) is 4.90 Å². The lowest BCUT2D eigenvalue weighted by Crippen LogP contribution is -2.09. The van der Waals surface area contributed by atoms with Gasteiger partial charge in [0.2, 0.25) is 0 Å². The van der Waals surface area contributed by atoms with Crippen molar-refractivity contribution in [3.63, 3.8) is 0 Å². The summed E-state index contributed by atoms with van der Waals surface area (Å²) in [5.41, 5.74) is 2.18. The maximum absolute atomic E-state index is 9.61. The van der Waals surface area contributed by atoms with Crippen LogP contribution in [0.5, 0.6) is 0 Å². The monoisotopic (exact) mass is 712 g/mol. The van der Waals surface area contributed by atoms with E-state index in [0.717, 1.165) is 54.6 Å². The average molecular weight is 713 g/mol. The highest BCUT2D eigenvalue weighted by Gasteiger charge is 2.15. The first-order valence-electron chi connectivity index (χ1n) is 24.4. The fraction of sp³-hybridized carbons (Fsp3) is 0. The molecule has 10 rings (SSSR count). The van der Waals surface area contributed by atoms with E-state index in [4.69, 9.17) is 6.85 Å². The summed E-state index contributed by atoms with van der Waals surface area (Å²) < 4.78 is 118. The van der Waals surface area contributed by atoms with Crippen molar-refractivity contribution in [3.8, 4) is 44.5 Å². The van der Waals surface area contributed by atoms with Gasteiger partial charge in [-0.15, -0.1) is 0 Å². The molecular formula is C54H37N. The second-order valence-corrected chi connectivity index (χ2v) is 13.1. The van der Waals surface area contributed by atoms with Gasteiger partial charge >= 0.3 is 0 Å². The Labute approximate surface area is 340 Å². The molecule has 1 heteroatoms. The Morgan fingerprint density at radius 3 is 1.56 bits per heavy atom. The fourth-order valence-electron chi connectivity index (χ4n) is 7.25. The number of benzene rings is 10. The van der Waals surface area contributed by atoms with Crippen molar-refractivity contribution in [2.24, 2.45) is 0 Å². The van der Waals surface area contributed by atoms with Crippen LogP contribution >= 0.6 is 0 Å². The molecule has 0 spiro atoms. The zero-order chi connectivity index (χ0) is 47.9. The highest BCUT2D eigenvalue weighted by Crippen LogP contribution is 2.40. The van der Waals surface area contributed by atoms with E-state index in [0.29, 0.717) is 5.56 Å². The maximum Gasteiger partial charge on any atom is 0.0645 e. The first-order chi connectivity index (χ1) is 32.7. The lowest BCUT2D eigenvalue weighted by molar-refractivity contribution is 1.28. The molecule has 10 aromatic carbocycles. The summed E-state index contributed by atoms with van der Waals surface area (Å²) in [6.45, 7) is 0. The maximum atomic E-state index is 9.61. The third-order valence-electron chi connectivity index (χ3n) is 9.88. The minimum Gasteiger partial charge on any atom is -0.311 e.